The van der Waals surface area contributed by atoms with Gasteiger partial charge in [0.05, 0.1) is 0 Å². The molecule has 4 nitrogen and oxygen atoms in total. The summed E-state index contributed by atoms with van der Waals surface area (Å²) in [6.45, 7) is 2.82. The van der Waals surface area contributed by atoms with Gasteiger partial charge >= 0.3 is 5.97 Å². The van der Waals surface area contributed by atoms with Crippen LogP contribution in [0.25, 0.3) is 0 Å². The second kappa shape index (κ2) is 19.7. The van der Waals surface area contributed by atoms with Crippen LogP contribution in [0, 0.1) is 0 Å². The standard InChI is InChI=1S/C21H44N2O2/c1-2-17-21(24)25-20(23)18-15-13-11-9-7-5-3-4-6-8-10-12-14-16-19-22/h20H,2-19,22-23H2,1H3. The van der Waals surface area contributed by atoms with Gasteiger partial charge in [-0.25, -0.2) is 0 Å². The van der Waals surface area contributed by atoms with Gasteiger partial charge in [-0.2, -0.15) is 0 Å². The zero-order valence-electron chi connectivity index (χ0n) is 16.8. The molecule has 150 valence electrons. The Labute approximate surface area is 156 Å². The van der Waals surface area contributed by atoms with E-state index in [4.69, 9.17) is 16.2 Å². The molecular weight excluding hydrogens is 312 g/mol. The number of hydrogen-bond donors (Lipinski definition) is 2. The first kappa shape index (κ1) is 24.4. The number of esters is 1. The summed E-state index contributed by atoms with van der Waals surface area (Å²) in [5.41, 5.74) is 11.3. The zero-order valence-corrected chi connectivity index (χ0v) is 16.8. The van der Waals surface area contributed by atoms with E-state index in [2.05, 4.69) is 0 Å². The van der Waals surface area contributed by atoms with E-state index in [-0.39, 0.29) is 5.97 Å². The summed E-state index contributed by atoms with van der Waals surface area (Å²) in [5.74, 6) is -0.162. The summed E-state index contributed by atoms with van der Waals surface area (Å²) in [5, 5.41) is 0. The van der Waals surface area contributed by atoms with Crippen LogP contribution in [0.2, 0.25) is 0 Å². The predicted octanol–water partition coefficient (Wildman–Crippen LogP) is 5.42. The minimum atomic E-state index is -0.408. The molecule has 1 atom stereocenters. The first-order chi connectivity index (χ1) is 12.2. The topological polar surface area (TPSA) is 78.3 Å². The van der Waals surface area contributed by atoms with Crippen molar-refractivity contribution in [3.8, 4) is 0 Å². The molecule has 0 aliphatic rings. The Morgan fingerprint density at radius 2 is 1.16 bits per heavy atom. The minimum Gasteiger partial charge on any atom is -0.447 e. The van der Waals surface area contributed by atoms with Crippen molar-refractivity contribution in [2.45, 2.75) is 122 Å². The number of carbonyl (C=O) groups excluding carboxylic acids is 1. The lowest BCUT2D eigenvalue weighted by Gasteiger charge is -2.12. The SMILES string of the molecule is CCCC(=O)OC(N)CCCCCCCCCCCCCCCCN. The first-order valence-corrected chi connectivity index (χ1v) is 10.9. The fraction of sp³-hybridized carbons (Fsp3) is 0.952. The number of ether oxygens (including phenoxy) is 1. The van der Waals surface area contributed by atoms with E-state index in [1.807, 2.05) is 6.92 Å². The van der Waals surface area contributed by atoms with E-state index in [9.17, 15) is 4.79 Å². The van der Waals surface area contributed by atoms with Crippen LogP contribution in [-0.2, 0) is 9.53 Å². The molecular formula is C21H44N2O2. The molecule has 0 spiro atoms. The third-order valence-electron chi connectivity index (χ3n) is 4.68. The Morgan fingerprint density at radius 3 is 1.56 bits per heavy atom. The quantitative estimate of drug-likeness (QED) is 0.184. The summed E-state index contributed by atoms with van der Waals surface area (Å²) in [6.07, 6.45) is 20.1. The lowest BCUT2D eigenvalue weighted by Crippen LogP contribution is -2.26. The van der Waals surface area contributed by atoms with Gasteiger partial charge in [-0.15, -0.1) is 0 Å². The lowest BCUT2D eigenvalue weighted by molar-refractivity contribution is -0.149. The highest BCUT2D eigenvalue weighted by molar-refractivity contribution is 5.69. The molecule has 0 aromatic heterocycles. The van der Waals surface area contributed by atoms with Crippen LogP contribution >= 0.6 is 0 Å². The van der Waals surface area contributed by atoms with E-state index >= 15 is 0 Å². The monoisotopic (exact) mass is 356 g/mol. The molecule has 0 heterocycles. The molecule has 0 fully saturated rings. The summed E-state index contributed by atoms with van der Waals surface area (Å²) < 4.78 is 5.14. The van der Waals surface area contributed by atoms with Gasteiger partial charge in [-0.05, 0) is 32.2 Å². The van der Waals surface area contributed by atoms with Crippen molar-refractivity contribution >= 4 is 5.97 Å². The predicted molar refractivity (Wildman–Crippen MR) is 107 cm³/mol. The van der Waals surface area contributed by atoms with E-state index in [1.165, 1.54) is 83.5 Å². The molecule has 0 aromatic carbocycles. The van der Waals surface area contributed by atoms with Gasteiger partial charge in [0.25, 0.3) is 0 Å². The van der Waals surface area contributed by atoms with Crippen LogP contribution in [0.3, 0.4) is 0 Å². The number of rotatable bonds is 19. The van der Waals surface area contributed by atoms with Gasteiger partial charge in [0.2, 0.25) is 0 Å². The van der Waals surface area contributed by atoms with Crippen LogP contribution in [0.15, 0.2) is 0 Å². The molecule has 4 heteroatoms. The summed E-state index contributed by atoms with van der Waals surface area (Å²) >= 11 is 0. The Bertz CT molecular complexity index is 285. The van der Waals surface area contributed by atoms with Crippen molar-refractivity contribution in [1.29, 1.82) is 0 Å². The van der Waals surface area contributed by atoms with Crippen molar-refractivity contribution in [2.75, 3.05) is 6.54 Å². The molecule has 25 heavy (non-hydrogen) atoms. The largest absolute Gasteiger partial charge is 0.447 e. The fourth-order valence-corrected chi connectivity index (χ4v) is 3.10. The van der Waals surface area contributed by atoms with Crippen molar-refractivity contribution in [3.63, 3.8) is 0 Å². The normalized spacial score (nSPS) is 12.3. The number of nitrogens with two attached hydrogens (primary N) is 2. The first-order valence-electron chi connectivity index (χ1n) is 10.9. The Morgan fingerprint density at radius 1 is 0.760 bits per heavy atom. The smallest absolute Gasteiger partial charge is 0.307 e. The summed E-state index contributed by atoms with van der Waals surface area (Å²) in [6, 6.07) is 0. The van der Waals surface area contributed by atoms with E-state index in [0.29, 0.717) is 6.42 Å². The molecule has 0 amide bonds. The Balaban J connectivity index is 3.15. The highest BCUT2D eigenvalue weighted by Crippen LogP contribution is 2.13. The summed E-state index contributed by atoms with van der Waals surface area (Å²) in [4.78, 5) is 11.3. The molecule has 0 radical (unpaired) electrons. The van der Waals surface area contributed by atoms with Gasteiger partial charge in [0.15, 0.2) is 6.23 Å². The molecule has 0 aliphatic heterocycles. The zero-order chi connectivity index (χ0) is 18.6. The van der Waals surface area contributed by atoms with Gasteiger partial charge in [-0.1, -0.05) is 84.0 Å². The van der Waals surface area contributed by atoms with Crippen molar-refractivity contribution < 1.29 is 9.53 Å². The second-order valence-electron chi connectivity index (χ2n) is 7.31. The third-order valence-corrected chi connectivity index (χ3v) is 4.68. The molecule has 1 unspecified atom stereocenters. The maximum absolute atomic E-state index is 11.3. The summed E-state index contributed by atoms with van der Waals surface area (Å²) in [7, 11) is 0. The highest BCUT2D eigenvalue weighted by Gasteiger charge is 2.08. The van der Waals surface area contributed by atoms with Gasteiger partial charge in [0, 0.05) is 6.42 Å². The van der Waals surface area contributed by atoms with Gasteiger partial charge in [0.1, 0.15) is 0 Å². The van der Waals surface area contributed by atoms with Crippen molar-refractivity contribution in [1.82, 2.24) is 0 Å². The molecule has 0 rings (SSSR count). The van der Waals surface area contributed by atoms with Gasteiger partial charge < -0.3 is 10.5 Å². The average Bonchev–Trinajstić information content (AvgIpc) is 2.58. The Hall–Kier alpha value is -0.610. The second-order valence-corrected chi connectivity index (χ2v) is 7.31. The maximum Gasteiger partial charge on any atom is 0.307 e. The molecule has 0 saturated carbocycles. The van der Waals surface area contributed by atoms with E-state index in [0.717, 1.165) is 25.8 Å². The van der Waals surface area contributed by atoms with Crippen molar-refractivity contribution in [2.24, 2.45) is 11.5 Å². The van der Waals surface area contributed by atoms with Crippen LogP contribution in [-0.4, -0.2) is 18.7 Å². The maximum atomic E-state index is 11.3. The van der Waals surface area contributed by atoms with Crippen molar-refractivity contribution in [3.05, 3.63) is 0 Å². The Kier molecular flexibility index (Phi) is 19.2. The average molecular weight is 357 g/mol. The minimum absolute atomic E-state index is 0.162. The van der Waals surface area contributed by atoms with Crippen LogP contribution < -0.4 is 11.5 Å². The number of hydrogen-bond acceptors (Lipinski definition) is 4. The lowest BCUT2D eigenvalue weighted by atomic mass is 10.0. The third kappa shape index (κ3) is 19.6. The molecule has 0 aromatic rings. The van der Waals surface area contributed by atoms with Gasteiger partial charge in [-0.3, -0.25) is 10.5 Å². The van der Waals surface area contributed by atoms with E-state index in [1.54, 1.807) is 0 Å². The van der Waals surface area contributed by atoms with E-state index < -0.39 is 6.23 Å². The number of unbranched alkanes of at least 4 members (excludes halogenated alkanes) is 13. The molecule has 0 bridgehead atoms. The highest BCUT2D eigenvalue weighted by atomic mass is 16.6. The molecule has 0 saturated heterocycles. The molecule has 4 N–H and O–H groups in total. The number of carbonyl (C=O) groups is 1. The fourth-order valence-electron chi connectivity index (χ4n) is 3.10. The van der Waals surface area contributed by atoms with Crippen LogP contribution in [0.1, 0.15) is 116 Å². The molecule has 0 aliphatic carbocycles. The van der Waals surface area contributed by atoms with Crippen LogP contribution in [0.4, 0.5) is 0 Å². The van der Waals surface area contributed by atoms with Crippen LogP contribution in [0.5, 0.6) is 0 Å².